The minimum absolute atomic E-state index is 0.252. The van der Waals surface area contributed by atoms with Gasteiger partial charge in [-0.25, -0.2) is 8.42 Å². The molecule has 0 saturated heterocycles. The van der Waals surface area contributed by atoms with Gasteiger partial charge in [-0.2, -0.15) is 0 Å². The Balaban J connectivity index is 2.97. The van der Waals surface area contributed by atoms with Gasteiger partial charge in [0, 0.05) is 17.7 Å². The molecule has 0 saturated carbocycles. The van der Waals surface area contributed by atoms with E-state index in [4.69, 9.17) is 10.7 Å². The topological polar surface area (TPSA) is 64.8 Å². The van der Waals surface area contributed by atoms with E-state index >= 15 is 0 Å². The second-order valence-corrected chi connectivity index (χ2v) is 5.82. The number of nitrogens with zero attached hydrogens (tertiary/aromatic N) is 3. The van der Waals surface area contributed by atoms with Crippen LogP contribution in [-0.2, 0) is 28.3 Å². The van der Waals surface area contributed by atoms with E-state index in [0.717, 1.165) is 18.5 Å². The highest BCUT2D eigenvalue weighted by Gasteiger charge is 2.16. The molecule has 0 N–H and O–H groups in total. The zero-order valence-electron chi connectivity index (χ0n) is 8.07. The lowest BCUT2D eigenvalue weighted by Crippen LogP contribution is -2.03. The maximum absolute atomic E-state index is 10.9. The van der Waals surface area contributed by atoms with Crippen LogP contribution in [0.1, 0.15) is 24.7 Å². The summed E-state index contributed by atoms with van der Waals surface area (Å²) in [6.07, 6.45) is 1.67. The van der Waals surface area contributed by atoms with Crippen LogP contribution in [0.25, 0.3) is 0 Å². The van der Waals surface area contributed by atoms with Crippen LogP contribution in [0, 0.1) is 0 Å². The summed E-state index contributed by atoms with van der Waals surface area (Å²) in [7, 11) is 3.33. The van der Waals surface area contributed by atoms with Crippen molar-refractivity contribution in [3.63, 3.8) is 0 Å². The van der Waals surface area contributed by atoms with Gasteiger partial charge in [0.25, 0.3) is 0 Å². The summed E-state index contributed by atoms with van der Waals surface area (Å²) >= 11 is 0. The van der Waals surface area contributed by atoms with Gasteiger partial charge in [0.2, 0.25) is 9.05 Å². The SMILES string of the molecule is CCCc1c(CS(=O)(=O)Cl)nnn1C. The predicted molar refractivity (Wildman–Crippen MR) is 53.5 cm³/mol. The molecule has 1 aromatic heterocycles. The highest BCUT2D eigenvalue weighted by atomic mass is 35.7. The lowest BCUT2D eigenvalue weighted by Gasteiger charge is -2.00. The van der Waals surface area contributed by atoms with E-state index < -0.39 is 9.05 Å². The van der Waals surface area contributed by atoms with Gasteiger partial charge in [-0.3, -0.25) is 4.68 Å². The van der Waals surface area contributed by atoms with E-state index in [1.165, 1.54) is 0 Å². The second-order valence-electron chi connectivity index (χ2n) is 3.04. The molecule has 0 aromatic carbocycles. The number of aryl methyl sites for hydroxylation is 1. The lowest BCUT2D eigenvalue weighted by molar-refractivity contribution is 0.608. The number of hydrogen-bond acceptors (Lipinski definition) is 4. The molecule has 14 heavy (non-hydrogen) atoms. The fourth-order valence-corrected chi connectivity index (χ4v) is 2.10. The second kappa shape index (κ2) is 4.27. The molecule has 0 radical (unpaired) electrons. The molecule has 0 aliphatic carbocycles. The fraction of sp³-hybridized carbons (Fsp3) is 0.714. The minimum Gasteiger partial charge on any atom is -0.252 e. The summed E-state index contributed by atoms with van der Waals surface area (Å²) in [4.78, 5) is 0. The van der Waals surface area contributed by atoms with Crippen molar-refractivity contribution < 1.29 is 8.42 Å². The largest absolute Gasteiger partial charge is 0.252 e. The van der Waals surface area contributed by atoms with Crippen molar-refractivity contribution in [2.75, 3.05) is 0 Å². The smallest absolute Gasteiger partial charge is 0.238 e. The molecule has 0 fully saturated rings. The van der Waals surface area contributed by atoms with Crippen molar-refractivity contribution in [1.82, 2.24) is 15.0 Å². The Kier molecular flexibility index (Phi) is 3.49. The van der Waals surface area contributed by atoms with E-state index in [1.807, 2.05) is 6.92 Å². The van der Waals surface area contributed by atoms with Gasteiger partial charge in [0.05, 0.1) is 5.69 Å². The molecular formula is C7H12ClN3O2S. The number of rotatable bonds is 4. The molecule has 0 atom stereocenters. The lowest BCUT2D eigenvalue weighted by atomic mass is 10.2. The van der Waals surface area contributed by atoms with Crippen LogP contribution in [-0.4, -0.2) is 23.4 Å². The van der Waals surface area contributed by atoms with E-state index in [1.54, 1.807) is 11.7 Å². The van der Waals surface area contributed by atoms with Crippen molar-refractivity contribution in [1.29, 1.82) is 0 Å². The van der Waals surface area contributed by atoms with Gasteiger partial charge in [-0.1, -0.05) is 18.6 Å². The Morgan fingerprint density at radius 1 is 1.50 bits per heavy atom. The molecular weight excluding hydrogens is 226 g/mol. The average molecular weight is 238 g/mol. The normalized spacial score (nSPS) is 11.9. The first-order chi connectivity index (χ1) is 6.44. The maximum atomic E-state index is 10.9. The third kappa shape index (κ3) is 2.95. The number of hydrogen-bond donors (Lipinski definition) is 0. The van der Waals surface area contributed by atoms with Crippen molar-refractivity contribution in [2.24, 2.45) is 7.05 Å². The third-order valence-corrected chi connectivity index (χ3v) is 2.76. The molecule has 0 unspecified atom stereocenters. The van der Waals surface area contributed by atoms with Gasteiger partial charge in [-0.15, -0.1) is 5.10 Å². The van der Waals surface area contributed by atoms with Gasteiger partial charge in [0.1, 0.15) is 11.4 Å². The monoisotopic (exact) mass is 237 g/mol. The quantitative estimate of drug-likeness (QED) is 0.728. The summed E-state index contributed by atoms with van der Waals surface area (Å²) in [5.41, 5.74) is 1.28. The molecule has 1 aromatic rings. The number of halogens is 1. The summed E-state index contributed by atoms with van der Waals surface area (Å²) in [5, 5.41) is 7.53. The third-order valence-electron chi connectivity index (χ3n) is 1.82. The zero-order valence-corrected chi connectivity index (χ0v) is 9.64. The molecule has 0 aliphatic heterocycles. The highest BCUT2D eigenvalue weighted by Crippen LogP contribution is 2.13. The summed E-state index contributed by atoms with van der Waals surface area (Å²) in [6, 6.07) is 0. The van der Waals surface area contributed by atoms with Crippen LogP contribution in [0.2, 0.25) is 0 Å². The van der Waals surface area contributed by atoms with Crippen LogP contribution < -0.4 is 0 Å². The Labute approximate surface area is 87.5 Å². The first-order valence-electron chi connectivity index (χ1n) is 4.23. The summed E-state index contributed by atoms with van der Waals surface area (Å²) < 4.78 is 23.3. The number of aromatic nitrogens is 3. The van der Waals surface area contributed by atoms with E-state index in [-0.39, 0.29) is 5.75 Å². The van der Waals surface area contributed by atoms with Crippen LogP contribution >= 0.6 is 10.7 Å². The molecule has 0 spiro atoms. The van der Waals surface area contributed by atoms with Crippen LogP contribution in [0.5, 0.6) is 0 Å². The van der Waals surface area contributed by atoms with Crippen molar-refractivity contribution >= 4 is 19.7 Å². The molecule has 1 heterocycles. The van der Waals surface area contributed by atoms with Gasteiger partial charge in [-0.05, 0) is 6.42 Å². The first kappa shape index (κ1) is 11.5. The first-order valence-corrected chi connectivity index (χ1v) is 6.71. The van der Waals surface area contributed by atoms with E-state index in [9.17, 15) is 8.42 Å². The summed E-state index contributed by atoms with van der Waals surface area (Å²) in [5.74, 6) is -0.252. The molecule has 80 valence electrons. The van der Waals surface area contributed by atoms with Gasteiger partial charge >= 0.3 is 0 Å². The maximum Gasteiger partial charge on any atom is 0.238 e. The molecule has 1 rings (SSSR count). The van der Waals surface area contributed by atoms with Crippen molar-refractivity contribution in [2.45, 2.75) is 25.5 Å². The standard InChI is InChI=1S/C7H12ClN3O2S/c1-3-4-7-6(5-14(8,12)13)9-10-11(7)2/h3-5H2,1-2H3. The Bertz CT molecular complexity index is 413. The molecule has 0 amide bonds. The zero-order chi connectivity index (χ0) is 10.8. The predicted octanol–water partition coefficient (Wildman–Crippen LogP) is 0.836. The Morgan fingerprint density at radius 2 is 2.14 bits per heavy atom. The van der Waals surface area contributed by atoms with Gasteiger partial charge in [0.15, 0.2) is 0 Å². The highest BCUT2D eigenvalue weighted by molar-refractivity contribution is 8.13. The van der Waals surface area contributed by atoms with Crippen LogP contribution in [0.4, 0.5) is 0 Å². The van der Waals surface area contributed by atoms with E-state index in [0.29, 0.717) is 5.69 Å². The molecule has 0 aliphatic rings. The van der Waals surface area contributed by atoms with E-state index in [2.05, 4.69) is 10.3 Å². The van der Waals surface area contributed by atoms with Crippen molar-refractivity contribution in [3.8, 4) is 0 Å². The minimum atomic E-state index is -3.55. The summed E-state index contributed by atoms with van der Waals surface area (Å²) in [6.45, 7) is 2.01. The fourth-order valence-electron chi connectivity index (χ4n) is 1.24. The van der Waals surface area contributed by atoms with Gasteiger partial charge < -0.3 is 0 Å². The Hall–Kier alpha value is -0.620. The van der Waals surface area contributed by atoms with Crippen LogP contribution in [0.3, 0.4) is 0 Å². The average Bonchev–Trinajstić information content (AvgIpc) is 2.33. The molecule has 7 heteroatoms. The van der Waals surface area contributed by atoms with Crippen LogP contribution in [0.15, 0.2) is 0 Å². The Morgan fingerprint density at radius 3 is 2.64 bits per heavy atom. The van der Waals surface area contributed by atoms with Crippen molar-refractivity contribution in [3.05, 3.63) is 11.4 Å². The molecule has 5 nitrogen and oxygen atoms in total. The molecule has 0 bridgehead atoms.